The summed E-state index contributed by atoms with van der Waals surface area (Å²) >= 11 is 0. The van der Waals surface area contributed by atoms with Crippen LogP contribution in [0.3, 0.4) is 0 Å². The molecule has 0 spiro atoms. The first-order valence-corrected chi connectivity index (χ1v) is 10.6. The summed E-state index contributed by atoms with van der Waals surface area (Å²) in [5.41, 5.74) is 2.33. The van der Waals surface area contributed by atoms with Gasteiger partial charge in [-0.1, -0.05) is 29.8 Å². The summed E-state index contributed by atoms with van der Waals surface area (Å²) < 4.78 is 36.1. The molecule has 2 aromatic rings. The first kappa shape index (κ1) is 21.6. The van der Waals surface area contributed by atoms with Crippen LogP contribution in [0.4, 0.5) is 5.69 Å². The molecule has 0 aliphatic heterocycles. The smallest absolute Gasteiger partial charge is 0.241 e. The van der Waals surface area contributed by atoms with Crippen LogP contribution in [0.15, 0.2) is 42.5 Å². The molecule has 0 heterocycles. The van der Waals surface area contributed by atoms with Crippen molar-refractivity contribution in [2.75, 3.05) is 31.3 Å². The van der Waals surface area contributed by atoms with E-state index in [1.165, 1.54) is 14.2 Å². The molecule has 1 atom stereocenters. The lowest BCUT2D eigenvalue weighted by molar-refractivity contribution is -0.120. The lowest BCUT2D eigenvalue weighted by Crippen LogP contribution is -2.41. The zero-order chi connectivity index (χ0) is 20.9. The quantitative estimate of drug-likeness (QED) is 0.729. The number of carbonyl (C=O) groups is 1. The van der Waals surface area contributed by atoms with Crippen LogP contribution in [0.25, 0.3) is 0 Å². The summed E-state index contributed by atoms with van der Waals surface area (Å²) in [6.45, 7) is 3.47. The number of amides is 1. The number of sulfonamides is 1. The minimum absolute atomic E-state index is 0.257. The molecule has 2 aromatic carbocycles. The number of aryl methyl sites for hydroxylation is 1. The van der Waals surface area contributed by atoms with Gasteiger partial charge in [-0.25, -0.2) is 8.42 Å². The maximum absolute atomic E-state index is 12.6. The van der Waals surface area contributed by atoms with Crippen LogP contribution in [-0.4, -0.2) is 41.3 Å². The number of nitrogens with zero attached hydrogens (tertiary/aromatic N) is 1. The van der Waals surface area contributed by atoms with E-state index in [0.29, 0.717) is 11.5 Å². The van der Waals surface area contributed by atoms with Gasteiger partial charge >= 0.3 is 0 Å². The van der Waals surface area contributed by atoms with Crippen molar-refractivity contribution in [1.82, 2.24) is 5.32 Å². The zero-order valence-corrected chi connectivity index (χ0v) is 17.5. The lowest BCUT2D eigenvalue weighted by Gasteiger charge is -2.25. The largest absolute Gasteiger partial charge is 0.497 e. The average Bonchev–Trinajstić information content (AvgIpc) is 2.65. The van der Waals surface area contributed by atoms with Gasteiger partial charge in [0.15, 0.2) is 0 Å². The Morgan fingerprint density at radius 3 is 2.29 bits per heavy atom. The Kier molecular flexibility index (Phi) is 6.90. The number of hydrogen-bond acceptors (Lipinski definition) is 5. The summed E-state index contributed by atoms with van der Waals surface area (Å²) in [6, 6.07) is 12.3. The summed E-state index contributed by atoms with van der Waals surface area (Å²) in [7, 11) is -0.788. The Hall–Kier alpha value is -2.74. The molecule has 0 aliphatic rings. The maximum Gasteiger partial charge on any atom is 0.241 e. The molecule has 2 rings (SSSR count). The van der Waals surface area contributed by atoms with Crippen molar-refractivity contribution in [3.63, 3.8) is 0 Å². The molecule has 0 aliphatic carbocycles. The van der Waals surface area contributed by atoms with E-state index in [9.17, 15) is 13.2 Å². The van der Waals surface area contributed by atoms with Gasteiger partial charge in [-0.3, -0.25) is 9.10 Å². The predicted molar refractivity (Wildman–Crippen MR) is 109 cm³/mol. The third-order valence-electron chi connectivity index (χ3n) is 4.30. The Bertz CT molecular complexity index is 926. The van der Waals surface area contributed by atoms with Crippen LogP contribution in [-0.2, 0) is 14.8 Å². The van der Waals surface area contributed by atoms with E-state index < -0.39 is 15.9 Å². The Morgan fingerprint density at radius 2 is 1.75 bits per heavy atom. The van der Waals surface area contributed by atoms with Gasteiger partial charge in [-0.05, 0) is 31.5 Å². The first-order chi connectivity index (χ1) is 13.2. The van der Waals surface area contributed by atoms with E-state index in [4.69, 9.17) is 9.47 Å². The van der Waals surface area contributed by atoms with Gasteiger partial charge < -0.3 is 14.8 Å². The first-order valence-electron chi connectivity index (χ1n) is 8.71. The van der Waals surface area contributed by atoms with Gasteiger partial charge in [-0.2, -0.15) is 0 Å². The third-order valence-corrected chi connectivity index (χ3v) is 5.42. The van der Waals surface area contributed by atoms with Crippen molar-refractivity contribution in [3.8, 4) is 11.5 Å². The minimum atomic E-state index is -3.72. The van der Waals surface area contributed by atoms with E-state index in [2.05, 4.69) is 5.32 Å². The highest BCUT2D eigenvalue weighted by Crippen LogP contribution is 2.33. The van der Waals surface area contributed by atoms with Crippen molar-refractivity contribution >= 4 is 21.6 Å². The number of carbonyl (C=O) groups excluding carboxylic acids is 1. The van der Waals surface area contributed by atoms with E-state index >= 15 is 0 Å². The molecule has 1 unspecified atom stereocenters. The highest BCUT2D eigenvalue weighted by atomic mass is 32.2. The second-order valence-electron chi connectivity index (χ2n) is 6.51. The van der Waals surface area contributed by atoms with Crippen LogP contribution >= 0.6 is 0 Å². The van der Waals surface area contributed by atoms with Gasteiger partial charge in [0.25, 0.3) is 0 Å². The van der Waals surface area contributed by atoms with E-state index in [-0.39, 0.29) is 18.3 Å². The summed E-state index contributed by atoms with van der Waals surface area (Å²) in [6.07, 6.45) is 1.05. The average molecular weight is 407 g/mol. The highest BCUT2D eigenvalue weighted by Gasteiger charge is 2.25. The molecule has 0 bridgehead atoms. The maximum atomic E-state index is 12.6. The molecule has 152 valence electrons. The number of hydrogen-bond donors (Lipinski definition) is 1. The molecule has 28 heavy (non-hydrogen) atoms. The van der Waals surface area contributed by atoms with Gasteiger partial charge in [0.05, 0.1) is 32.2 Å². The summed E-state index contributed by atoms with van der Waals surface area (Å²) in [5, 5.41) is 2.84. The van der Waals surface area contributed by atoms with Crippen LogP contribution in [0.2, 0.25) is 0 Å². The van der Waals surface area contributed by atoms with Gasteiger partial charge in [-0.15, -0.1) is 0 Å². The van der Waals surface area contributed by atoms with Crippen molar-refractivity contribution < 1.29 is 22.7 Å². The fourth-order valence-corrected chi connectivity index (χ4v) is 3.59. The molecule has 1 N–H and O–H groups in total. The molecule has 0 saturated carbocycles. The van der Waals surface area contributed by atoms with E-state index in [1.807, 2.05) is 38.1 Å². The number of methoxy groups -OCH3 is 2. The van der Waals surface area contributed by atoms with E-state index in [0.717, 1.165) is 21.7 Å². The number of benzene rings is 2. The van der Waals surface area contributed by atoms with Crippen LogP contribution in [0.1, 0.15) is 24.1 Å². The molecule has 0 saturated heterocycles. The normalized spacial score (nSPS) is 12.2. The SMILES string of the molecule is COc1ccc(N(CC(=O)NC(C)c2ccc(C)cc2)S(C)(=O)=O)c(OC)c1. The summed E-state index contributed by atoms with van der Waals surface area (Å²) in [5.74, 6) is 0.395. The van der Waals surface area contributed by atoms with Gasteiger partial charge in [0, 0.05) is 6.07 Å². The highest BCUT2D eigenvalue weighted by molar-refractivity contribution is 7.92. The second-order valence-corrected chi connectivity index (χ2v) is 8.41. The van der Waals surface area contributed by atoms with Crippen molar-refractivity contribution in [3.05, 3.63) is 53.6 Å². The lowest BCUT2D eigenvalue weighted by atomic mass is 10.1. The zero-order valence-electron chi connectivity index (χ0n) is 16.7. The molecule has 7 nitrogen and oxygen atoms in total. The standard InChI is InChI=1S/C20H26N2O5S/c1-14-6-8-16(9-7-14)15(2)21-20(23)13-22(28(5,24)25)18-11-10-17(26-3)12-19(18)27-4/h6-12,15H,13H2,1-5H3,(H,21,23). The second kappa shape index (κ2) is 8.97. The van der Waals surface area contributed by atoms with Crippen LogP contribution in [0, 0.1) is 6.92 Å². The predicted octanol–water partition coefficient (Wildman–Crippen LogP) is 2.66. The fourth-order valence-electron chi connectivity index (χ4n) is 2.73. The molecule has 0 fully saturated rings. The fraction of sp³-hybridized carbons (Fsp3) is 0.350. The molecular weight excluding hydrogens is 380 g/mol. The van der Waals surface area contributed by atoms with E-state index in [1.54, 1.807) is 18.2 Å². The van der Waals surface area contributed by atoms with Gasteiger partial charge in [0.2, 0.25) is 15.9 Å². The van der Waals surface area contributed by atoms with Crippen molar-refractivity contribution in [1.29, 1.82) is 0 Å². The Balaban J connectivity index is 2.23. The topological polar surface area (TPSA) is 84.9 Å². The molecule has 0 aromatic heterocycles. The molecule has 8 heteroatoms. The van der Waals surface area contributed by atoms with Crippen molar-refractivity contribution in [2.24, 2.45) is 0 Å². The van der Waals surface area contributed by atoms with Crippen LogP contribution in [0.5, 0.6) is 11.5 Å². The van der Waals surface area contributed by atoms with Gasteiger partial charge in [0.1, 0.15) is 18.0 Å². The minimum Gasteiger partial charge on any atom is -0.497 e. The summed E-state index contributed by atoms with van der Waals surface area (Å²) in [4.78, 5) is 12.6. The number of rotatable bonds is 8. The molecule has 0 radical (unpaired) electrons. The number of nitrogens with one attached hydrogen (secondary N) is 1. The van der Waals surface area contributed by atoms with Crippen molar-refractivity contribution in [2.45, 2.75) is 19.9 Å². The van der Waals surface area contributed by atoms with Crippen LogP contribution < -0.4 is 19.1 Å². The molecule has 1 amide bonds. The Morgan fingerprint density at radius 1 is 1.11 bits per heavy atom. The number of ether oxygens (including phenoxy) is 2. The third kappa shape index (κ3) is 5.39. The number of anilines is 1. The molecular formula is C20H26N2O5S. The Labute approximate surface area is 166 Å². The monoisotopic (exact) mass is 406 g/mol.